The van der Waals surface area contributed by atoms with Crippen LogP contribution in [-0.2, 0) is 24.2 Å². The molecule has 3 rings (SSSR count). The summed E-state index contributed by atoms with van der Waals surface area (Å²) in [4.78, 5) is 14.5. The van der Waals surface area contributed by atoms with Crippen LogP contribution in [0.25, 0.3) is 0 Å². The van der Waals surface area contributed by atoms with E-state index in [0.717, 1.165) is 50.1 Å². The Labute approximate surface area is 144 Å². The van der Waals surface area contributed by atoms with Gasteiger partial charge in [-0.3, -0.25) is 9.69 Å². The Morgan fingerprint density at radius 2 is 2.00 bits per heavy atom. The van der Waals surface area contributed by atoms with Crippen molar-refractivity contribution in [1.29, 1.82) is 0 Å². The van der Waals surface area contributed by atoms with Crippen LogP contribution in [0.15, 0.2) is 12.1 Å². The van der Waals surface area contributed by atoms with Gasteiger partial charge in [0.25, 0.3) is 0 Å². The minimum Gasteiger partial charge on any atom is -0.496 e. The van der Waals surface area contributed by atoms with Crippen LogP contribution in [0.1, 0.15) is 36.0 Å². The van der Waals surface area contributed by atoms with Gasteiger partial charge in [-0.2, -0.15) is 0 Å². The minimum atomic E-state index is 0.0820. The van der Waals surface area contributed by atoms with Gasteiger partial charge in [-0.05, 0) is 69.4 Å². The highest BCUT2D eigenvalue weighted by molar-refractivity contribution is 5.78. The fourth-order valence-electron chi connectivity index (χ4n) is 3.83. The molecule has 1 aromatic rings. The molecule has 24 heavy (non-hydrogen) atoms. The van der Waals surface area contributed by atoms with E-state index in [1.807, 2.05) is 7.05 Å². The van der Waals surface area contributed by atoms with E-state index < -0.39 is 0 Å². The summed E-state index contributed by atoms with van der Waals surface area (Å²) in [5.41, 5.74) is 3.88. The summed E-state index contributed by atoms with van der Waals surface area (Å²) in [7, 11) is 3.75. The Bertz CT molecular complexity index is 582. The van der Waals surface area contributed by atoms with Crippen molar-refractivity contribution in [3.8, 4) is 5.75 Å². The van der Waals surface area contributed by atoms with Gasteiger partial charge in [-0.1, -0.05) is 6.07 Å². The molecule has 1 amide bonds. The number of amides is 1. The second-order valence-corrected chi connectivity index (χ2v) is 6.96. The summed E-state index contributed by atoms with van der Waals surface area (Å²) in [6.45, 7) is 3.08. The molecule has 1 aliphatic heterocycles. The van der Waals surface area contributed by atoms with Crippen molar-refractivity contribution in [2.45, 2.75) is 44.7 Å². The third kappa shape index (κ3) is 4.08. The number of carbonyl (C=O) groups excluding carboxylic acids is 1. The van der Waals surface area contributed by atoms with Crippen LogP contribution in [0.5, 0.6) is 5.75 Å². The zero-order valence-corrected chi connectivity index (χ0v) is 14.9. The highest BCUT2D eigenvalue weighted by Gasteiger charge is 2.20. The van der Waals surface area contributed by atoms with Gasteiger partial charge >= 0.3 is 0 Å². The molecular formula is C19H29N3O2. The molecule has 5 heteroatoms. The summed E-state index contributed by atoms with van der Waals surface area (Å²) < 4.78 is 5.51. The monoisotopic (exact) mass is 331 g/mol. The fourth-order valence-corrected chi connectivity index (χ4v) is 3.83. The first-order valence-corrected chi connectivity index (χ1v) is 9.03. The first-order chi connectivity index (χ1) is 11.7. The van der Waals surface area contributed by atoms with Crippen molar-refractivity contribution >= 4 is 5.91 Å². The maximum absolute atomic E-state index is 12.3. The first-order valence-electron chi connectivity index (χ1n) is 9.03. The Morgan fingerprint density at radius 1 is 1.29 bits per heavy atom. The lowest BCUT2D eigenvalue weighted by Crippen LogP contribution is -2.45. The van der Waals surface area contributed by atoms with Crippen LogP contribution in [0.3, 0.4) is 0 Å². The molecule has 5 nitrogen and oxygen atoms in total. The highest BCUT2D eigenvalue weighted by atomic mass is 16.5. The average Bonchev–Trinajstić information content (AvgIpc) is 3.07. The van der Waals surface area contributed by atoms with E-state index in [1.165, 1.54) is 17.5 Å². The van der Waals surface area contributed by atoms with Gasteiger partial charge in [0.15, 0.2) is 0 Å². The molecule has 1 saturated heterocycles. The molecule has 1 aromatic carbocycles. The van der Waals surface area contributed by atoms with E-state index in [-0.39, 0.29) is 5.91 Å². The molecular weight excluding hydrogens is 302 g/mol. The number of methoxy groups -OCH3 is 1. The number of hydrogen-bond donors (Lipinski definition) is 2. The van der Waals surface area contributed by atoms with E-state index in [4.69, 9.17) is 4.74 Å². The maximum atomic E-state index is 12.3. The molecule has 0 unspecified atom stereocenters. The van der Waals surface area contributed by atoms with Crippen LogP contribution < -0.4 is 15.4 Å². The predicted octanol–water partition coefficient (Wildman–Crippen LogP) is 1.48. The van der Waals surface area contributed by atoms with E-state index in [2.05, 4.69) is 27.7 Å². The Hall–Kier alpha value is -1.59. The van der Waals surface area contributed by atoms with Gasteiger partial charge in [0, 0.05) is 18.2 Å². The summed E-state index contributed by atoms with van der Waals surface area (Å²) in [6.07, 6.45) is 5.72. The molecule has 0 bridgehead atoms. The topological polar surface area (TPSA) is 53.6 Å². The molecule has 2 N–H and O–H groups in total. The van der Waals surface area contributed by atoms with Gasteiger partial charge < -0.3 is 15.4 Å². The van der Waals surface area contributed by atoms with Crippen LogP contribution in [0.2, 0.25) is 0 Å². The van der Waals surface area contributed by atoms with Gasteiger partial charge in [-0.15, -0.1) is 0 Å². The first kappa shape index (κ1) is 17.2. The molecule has 1 heterocycles. The Morgan fingerprint density at radius 3 is 2.71 bits per heavy atom. The number of ether oxygens (including phenoxy) is 1. The number of nitrogens with zero attached hydrogens (tertiary/aromatic N) is 1. The van der Waals surface area contributed by atoms with Gasteiger partial charge in [0.1, 0.15) is 5.75 Å². The molecule has 1 aliphatic carbocycles. The number of hydrogen-bond acceptors (Lipinski definition) is 4. The van der Waals surface area contributed by atoms with Crippen LogP contribution >= 0.6 is 0 Å². The number of aryl methyl sites for hydroxylation is 2. The molecule has 132 valence electrons. The SMILES string of the molecule is COc1cc2c(cc1CNC(=O)CN(C)C1CCNCC1)CCC2. The molecule has 1 fully saturated rings. The summed E-state index contributed by atoms with van der Waals surface area (Å²) in [5, 5.41) is 6.42. The Kier molecular flexibility index (Phi) is 5.74. The molecule has 0 atom stereocenters. The third-order valence-electron chi connectivity index (χ3n) is 5.30. The van der Waals surface area contributed by atoms with Crippen molar-refractivity contribution in [2.24, 2.45) is 0 Å². The number of likely N-dealkylation sites (N-methyl/N-ethyl adjacent to an activating group) is 1. The lowest BCUT2D eigenvalue weighted by atomic mass is 10.0. The third-order valence-corrected chi connectivity index (χ3v) is 5.30. The van der Waals surface area contributed by atoms with E-state index in [0.29, 0.717) is 19.1 Å². The average molecular weight is 331 g/mol. The largest absolute Gasteiger partial charge is 0.496 e. The van der Waals surface area contributed by atoms with Crippen molar-refractivity contribution < 1.29 is 9.53 Å². The summed E-state index contributed by atoms with van der Waals surface area (Å²) in [6, 6.07) is 4.86. The van der Waals surface area contributed by atoms with Crippen molar-refractivity contribution in [2.75, 3.05) is 33.8 Å². The zero-order chi connectivity index (χ0) is 16.9. The summed E-state index contributed by atoms with van der Waals surface area (Å²) in [5.74, 6) is 0.973. The second-order valence-electron chi connectivity index (χ2n) is 6.96. The zero-order valence-electron chi connectivity index (χ0n) is 14.9. The van der Waals surface area contributed by atoms with E-state index in [1.54, 1.807) is 7.11 Å². The second kappa shape index (κ2) is 7.99. The molecule has 2 aliphatic rings. The molecule has 0 spiro atoms. The fraction of sp³-hybridized carbons (Fsp3) is 0.632. The van der Waals surface area contributed by atoms with Crippen molar-refractivity contribution in [3.63, 3.8) is 0 Å². The van der Waals surface area contributed by atoms with Gasteiger partial charge in [0.2, 0.25) is 5.91 Å². The maximum Gasteiger partial charge on any atom is 0.234 e. The van der Waals surface area contributed by atoms with Crippen LogP contribution in [-0.4, -0.2) is 50.6 Å². The predicted molar refractivity (Wildman–Crippen MR) is 95.4 cm³/mol. The normalized spacial score (nSPS) is 17.8. The molecule has 0 aromatic heterocycles. The quantitative estimate of drug-likeness (QED) is 0.829. The smallest absolute Gasteiger partial charge is 0.234 e. The molecule has 0 radical (unpaired) electrons. The number of fused-ring (bicyclic) bond motifs is 1. The van der Waals surface area contributed by atoms with Gasteiger partial charge in [0.05, 0.1) is 13.7 Å². The van der Waals surface area contributed by atoms with E-state index >= 15 is 0 Å². The van der Waals surface area contributed by atoms with Gasteiger partial charge in [-0.25, -0.2) is 0 Å². The number of rotatable bonds is 6. The standard InChI is InChI=1S/C19H29N3O2/c1-22(17-6-8-20-9-7-17)13-19(23)21-12-16-10-14-4-3-5-15(14)11-18(16)24-2/h10-11,17,20H,3-9,12-13H2,1-2H3,(H,21,23). The van der Waals surface area contributed by atoms with Crippen LogP contribution in [0.4, 0.5) is 0 Å². The van der Waals surface area contributed by atoms with Crippen LogP contribution in [0, 0.1) is 0 Å². The Balaban J connectivity index is 1.54. The van der Waals surface area contributed by atoms with Crippen molar-refractivity contribution in [3.05, 3.63) is 28.8 Å². The molecule has 0 saturated carbocycles. The lowest BCUT2D eigenvalue weighted by Gasteiger charge is -2.31. The number of nitrogens with one attached hydrogen (secondary N) is 2. The van der Waals surface area contributed by atoms with E-state index in [9.17, 15) is 4.79 Å². The minimum absolute atomic E-state index is 0.0820. The number of benzene rings is 1. The summed E-state index contributed by atoms with van der Waals surface area (Å²) >= 11 is 0. The number of piperidine rings is 1. The number of carbonyl (C=O) groups is 1. The lowest BCUT2D eigenvalue weighted by molar-refractivity contribution is -0.122. The van der Waals surface area contributed by atoms with Crippen molar-refractivity contribution in [1.82, 2.24) is 15.5 Å². The highest BCUT2D eigenvalue weighted by Crippen LogP contribution is 2.29.